The summed E-state index contributed by atoms with van der Waals surface area (Å²) in [5, 5.41) is 10.6. The van der Waals surface area contributed by atoms with Crippen LogP contribution in [-0.2, 0) is 65.4 Å². The molecule has 17 nitrogen and oxygen atoms in total. The quantitative estimate of drug-likeness (QED) is 0.0222. The van der Waals surface area contributed by atoms with Crippen LogP contribution in [0, 0.1) is 17.8 Å². The number of hydrogen-bond donors (Lipinski definition) is 3. The molecular weight excluding hydrogens is 1340 g/mol. The highest BCUT2D eigenvalue weighted by molar-refractivity contribution is 7.47. The van der Waals surface area contributed by atoms with Crippen molar-refractivity contribution in [3.63, 3.8) is 0 Å². The fraction of sp³-hybridized carbons (Fsp3) is 0.952. The molecule has 19 heteroatoms. The molecule has 0 aromatic rings. The molecule has 0 amide bonds. The summed E-state index contributed by atoms with van der Waals surface area (Å²) in [6.07, 6.45) is 64.2. The lowest BCUT2D eigenvalue weighted by atomic mass is 10.0. The minimum atomic E-state index is -4.96. The third-order valence-electron chi connectivity index (χ3n) is 19.6. The van der Waals surface area contributed by atoms with Gasteiger partial charge in [0.1, 0.15) is 19.3 Å². The van der Waals surface area contributed by atoms with Crippen LogP contribution in [0.5, 0.6) is 0 Å². The lowest BCUT2D eigenvalue weighted by Gasteiger charge is -2.21. The van der Waals surface area contributed by atoms with Gasteiger partial charge in [-0.15, -0.1) is 0 Å². The molecule has 103 heavy (non-hydrogen) atoms. The van der Waals surface area contributed by atoms with Gasteiger partial charge in [-0.1, -0.05) is 389 Å². The monoisotopic (exact) mass is 1510 g/mol. The second-order valence-corrected chi connectivity index (χ2v) is 34.6. The van der Waals surface area contributed by atoms with E-state index < -0.39 is 97.5 Å². The molecule has 0 aliphatic heterocycles. The van der Waals surface area contributed by atoms with Crippen molar-refractivity contribution in [2.45, 2.75) is 458 Å². The normalized spacial score (nSPS) is 13.9. The molecular formula is C84H164O17P2. The first-order valence-electron chi connectivity index (χ1n) is 43.3. The number of hydrogen-bond acceptors (Lipinski definition) is 15. The van der Waals surface area contributed by atoms with Gasteiger partial charge in [-0.25, -0.2) is 9.13 Å². The van der Waals surface area contributed by atoms with Crippen molar-refractivity contribution in [2.75, 3.05) is 39.6 Å². The molecule has 0 heterocycles. The van der Waals surface area contributed by atoms with Gasteiger partial charge in [-0.05, 0) is 43.4 Å². The topological polar surface area (TPSA) is 237 Å². The minimum Gasteiger partial charge on any atom is -0.462 e. The van der Waals surface area contributed by atoms with Gasteiger partial charge in [0.2, 0.25) is 0 Å². The van der Waals surface area contributed by atoms with Crippen molar-refractivity contribution >= 4 is 39.5 Å². The van der Waals surface area contributed by atoms with Crippen LogP contribution in [-0.4, -0.2) is 96.7 Å². The van der Waals surface area contributed by atoms with Crippen LogP contribution in [0.2, 0.25) is 0 Å². The summed E-state index contributed by atoms with van der Waals surface area (Å²) in [5.41, 5.74) is 0. The molecule has 0 saturated carbocycles. The number of aliphatic hydroxyl groups excluding tert-OH is 1. The largest absolute Gasteiger partial charge is 0.472 e. The number of ether oxygens (including phenoxy) is 4. The highest BCUT2D eigenvalue weighted by Gasteiger charge is 2.30. The van der Waals surface area contributed by atoms with Crippen LogP contribution in [0.15, 0.2) is 0 Å². The van der Waals surface area contributed by atoms with Gasteiger partial charge in [0.25, 0.3) is 0 Å². The Labute approximate surface area is 632 Å². The number of carbonyl (C=O) groups excluding carboxylic acids is 4. The molecule has 2 unspecified atom stereocenters. The Kier molecular flexibility index (Phi) is 72.8. The van der Waals surface area contributed by atoms with Crippen molar-refractivity contribution < 1.29 is 80.2 Å². The third-order valence-corrected chi connectivity index (χ3v) is 21.5. The van der Waals surface area contributed by atoms with Gasteiger partial charge in [0.15, 0.2) is 12.2 Å². The Morgan fingerprint density at radius 1 is 0.262 bits per heavy atom. The molecule has 0 aliphatic rings. The number of rotatable bonds is 82. The van der Waals surface area contributed by atoms with Gasteiger partial charge in [0.05, 0.1) is 26.4 Å². The molecule has 3 N–H and O–H groups in total. The highest BCUT2D eigenvalue weighted by atomic mass is 31.2. The minimum absolute atomic E-state index is 0.105. The van der Waals surface area contributed by atoms with E-state index in [0.29, 0.717) is 31.6 Å². The standard InChI is InChI=1S/C84H164O17P2/c1-8-9-10-11-12-13-14-15-16-17-18-19-20-21-22-27-30-33-39-44-53-60-67-83(88)100-79(71-94-81(86)65-58-51-43-38-32-29-26-24-23-25-28-31-36-41-48-55-62-75(2)3)73-98-102(90,91)96-69-78(85)70-97-103(92,93)99-74-80(72-95-82(87)66-59-52-47-46-50-57-64-77(6)7)101-84(89)68-61-54-45-40-35-34-37-42-49-56-63-76(4)5/h75-80,85H,8-74H2,1-7H3,(H,90,91)(H,92,93)/t78-,79-,80-/m1/s1. The highest BCUT2D eigenvalue weighted by Crippen LogP contribution is 2.45. The van der Waals surface area contributed by atoms with Crippen LogP contribution in [0.4, 0.5) is 0 Å². The van der Waals surface area contributed by atoms with E-state index in [1.807, 2.05) is 0 Å². The lowest BCUT2D eigenvalue weighted by molar-refractivity contribution is -0.161. The van der Waals surface area contributed by atoms with Gasteiger partial charge in [-0.3, -0.25) is 37.3 Å². The summed E-state index contributed by atoms with van der Waals surface area (Å²) in [4.78, 5) is 73.0. The summed E-state index contributed by atoms with van der Waals surface area (Å²) in [6.45, 7) is 11.9. The number of aliphatic hydroxyl groups is 1. The molecule has 0 bridgehead atoms. The number of carbonyl (C=O) groups is 4. The van der Waals surface area contributed by atoms with Crippen LogP contribution >= 0.6 is 15.6 Å². The number of phosphoric acid groups is 2. The SMILES string of the molecule is CCCCCCCCCCCCCCCCCCCCCCCCC(=O)O[C@H](COC(=O)CCCCCCCCCCCCCCCCCCC(C)C)COP(=O)(O)OC[C@@H](O)COP(=O)(O)OC[C@@H](COC(=O)CCCCCCCCC(C)C)OC(=O)CCCCCCCCCCCCC(C)C. The molecule has 0 aromatic heterocycles. The summed E-state index contributed by atoms with van der Waals surface area (Å²) >= 11 is 0. The van der Waals surface area contributed by atoms with Crippen LogP contribution in [0.3, 0.4) is 0 Å². The molecule has 0 radical (unpaired) electrons. The lowest BCUT2D eigenvalue weighted by Crippen LogP contribution is -2.30. The predicted molar refractivity (Wildman–Crippen MR) is 423 cm³/mol. The molecule has 0 rings (SSSR count). The van der Waals surface area contributed by atoms with Crippen LogP contribution < -0.4 is 0 Å². The molecule has 0 fully saturated rings. The van der Waals surface area contributed by atoms with E-state index in [9.17, 15) is 43.2 Å². The Morgan fingerprint density at radius 3 is 0.660 bits per heavy atom. The molecule has 0 aliphatic carbocycles. The smallest absolute Gasteiger partial charge is 0.462 e. The second-order valence-electron chi connectivity index (χ2n) is 31.6. The summed E-state index contributed by atoms with van der Waals surface area (Å²) in [5.74, 6) is 0.132. The molecule has 0 aromatic carbocycles. The van der Waals surface area contributed by atoms with E-state index in [1.165, 1.54) is 244 Å². The molecule has 612 valence electrons. The van der Waals surface area contributed by atoms with Crippen molar-refractivity contribution in [3.05, 3.63) is 0 Å². The van der Waals surface area contributed by atoms with E-state index in [1.54, 1.807) is 0 Å². The van der Waals surface area contributed by atoms with E-state index in [-0.39, 0.29) is 25.7 Å². The van der Waals surface area contributed by atoms with Crippen LogP contribution in [0.1, 0.15) is 440 Å². The first-order valence-corrected chi connectivity index (χ1v) is 46.3. The Balaban J connectivity index is 5.20. The maximum Gasteiger partial charge on any atom is 0.472 e. The van der Waals surface area contributed by atoms with Gasteiger partial charge in [0, 0.05) is 25.7 Å². The van der Waals surface area contributed by atoms with Gasteiger partial charge < -0.3 is 33.8 Å². The van der Waals surface area contributed by atoms with E-state index >= 15 is 0 Å². The Hall–Kier alpha value is -1.94. The number of unbranched alkanes of at least 4 members (excludes halogenated alkanes) is 50. The zero-order valence-electron chi connectivity index (χ0n) is 67.8. The fourth-order valence-corrected chi connectivity index (χ4v) is 14.6. The van der Waals surface area contributed by atoms with Crippen molar-refractivity contribution in [3.8, 4) is 0 Å². The van der Waals surface area contributed by atoms with E-state index in [2.05, 4.69) is 48.5 Å². The Bertz CT molecular complexity index is 1990. The van der Waals surface area contributed by atoms with Crippen molar-refractivity contribution in [2.24, 2.45) is 17.8 Å². The Morgan fingerprint density at radius 2 is 0.447 bits per heavy atom. The predicted octanol–water partition coefficient (Wildman–Crippen LogP) is 25.3. The first-order chi connectivity index (χ1) is 49.7. The average Bonchev–Trinajstić information content (AvgIpc) is 0.916. The van der Waals surface area contributed by atoms with E-state index in [4.69, 9.17) is 37.0 Å². The third kappa shape index (κ3) is 78.0. The summed E-state index contributed by atoms with van der Waals surface area (Å²) < 4.78 is 68.7. The summed E-state index contributed by atoms with van der Waals surface area (Å²) in [7, 11) is -9.92. The second kappa shape index (κ2) is 74.2. The van der Waals surface area contributed by atoms with Crippen LogP contribution in [0.25, 0.3) is 0 Å². The maximum absolute atomic E-state index is 13.1. The average molecular weight is 1510 g/mol. The molecule has 0 saturated heterocycles. The van der Waals surface area contributed by atoms with Gasteiger partial charge >= 0.3 is 39.5 Å². The zero-order chi connectivity index (χ0) is 75.8. The van der Waals surface area contributed by atoms with Gasteiger partial charge in [-0.2, -0.15) is 0 Å². The number of esters is 4. The molecule has 0 spiro atoms. The number of phosphoric ester groups is 2. The summed E-state index contributed by atoms with van der Waals surface area (Å²) in [6, 6.07) is 0. The van der Waals surface area contributed by atoms with Crippen molar-refractivity contribution in [1.29, 1.82) is 0 Å². The fourth-order valence-electron chi connectivity index (χ4n) is 13.0. The van der Waals surface area contributed by atoms with Crippen molar-refractivity contribution in [1.82, 2.24) is 0 Å². The molecule has 5 atom stereocenters. The maximum atomic E-state index is 13.1. The van der Waals surface area contributed by atoms with E-state index in [0.717, 1.165) is 108 Å². The first kappa shape index (κ1) is 101. The zero-order valence-corrected chi connectivity index (χ0v) is 69.6.